The highest BCUT2D eigenvalue weighted by atomic mass is 16.4. The molecule has 1 N–H and O–H groups in total. The van der Waals surface area contributed by atoms with Crippen LogP contribution in [0, 0.1) is 0 Å². The van der Waals surface area contributed by atoms with Crippen LogP contribution in [0.1, 0.15) is 0 Å². The minimum Gasteiger partial charge on any atom is -0.478 e. The molecule has 17 heavy (non-hydrogen) atoms. The third-order valence-corrected chi connectivity index (χ3v) is 3.00. The molecule has 84 valence electrons. The number of carboxylic acid groups (broad SMARTS) is 1. The maximum Gasteiger partial charge on any atom is 0.333 e. The van der Waals surface area contributed by atoms with E-state index < -0.39 is 5.97 Å². The van der Waals surface area contributed by atoms with Crippen molar-refractivity contribution < 1.29 is 9.90 Å². The third kappa shape index (κ3) is 1.65. The molecule has 3 heteroatoms. The summed E-state index contributed by atoms with van der Waals surface area (Å²) in [7, 11) is 0. The van der Waals surface area contributed by atoms with Gasteiger partial charge in [0.1, 0.15) is 0 Å². The number of nitrogens with zero attached hydrogens (tertiary/aromatic N) is 1. The molecule has 3 rings (SSSR count). The van der Waals surface area contributed by atoms with Gasteiger partial charge in [-0.1, -0.05) is 24.3 Å². The van der Waals surface area contributed by atoms with Crippen molar-refractivity contribution in [3.63, 3.8) is 0 Å². The Balaban J connectivity index is 2.13. The summed E-state index contributed by atoms with van der Waals surface area (Å²) in [5, 5.41) is 11.3. The van der Waals surface area contributed by atoms with E-state index in [-0.39, 0.29) is 0 Å². The number of hydrogen-bond acceptors (Lipinski definition) is 2. The third-order valence-electron chi connectivity index (χ3n) is 3.00. The van der Waals surface area contributed by atoms with E-state index in [2.05, 4.69) is 12.1 Å². The molecule has 2 heterocycles. The molecule has 0 saturated carbocycles. The van der Waals surface area contributed by atoms with Gasteiger partial charge in [0.05, 0.1) is 12.1 Å². The first kappa shape index (κ1) is 9.90. The molecule has 3 nitrogen and oxygen atoms in total. The van der Waals surface area contributed by atoms with Gasteiger partial charge < -0.3 is 10.0 Å². The minimum atomic E-state index is -0.854. The van der Waals surface area contributed by atoms with Crippen LogP contribution in [0.2, 0.25) is 0 Å². The molecule has 0 radical (unpaired) electrons. The average Bonchev–Trinajstić information content (AvgIpc) is 2.35. The fraction of sp³-hybridized carbons (Fsp3) is 0.0714. The van der Waals surface area contributed by atoms with Crippen LogP contribution < -0.4 is 10.4 Å². The van der Waals surface area contributed by atoms with Crippen LogP contribution in [-0.2, 0) is 4.79 Å². The summed E-state index contributed by atoms with van der Waals surface area (Å²) in [6.45, 7) is 0.423. The largest absolute Gasteiger partial charge is 0.478 e. The van der Waals surface area contributed by atoms with E-state index in [9.17, 15) is 4.79 Å². The second kappa shape index (κ2) is 3.63. The van der Waals surface area contributed by atoms with Crippen LogP contribution >= 0.6 is 0 Å². The second-order valence-electron chi connectivity index (χ2n) is 4.12. The number of carboxylic acids is 1. The number of carbonyl (C=O) groups is 1. The van der Waals surface area contributed by atoms with Gasteiger partial charge in [-0.3, -0.25) is 0 Å². The number of fused-ring (bicyclic) bond motifs is 2. The summed E-state index contributed by atoms with van der Waals surface area (Å²) in [5.74, 6) is -0.854. The summed E-state index contributed by atoms with van der Waals surface area (Å²) in [4.78, 5) is 12.9. The first-order valence-corrected chi connectivity index (χ1v) is 5.43. The molecule has 1 aromatic rings. The SMILES string of the molecule is O=C(O)C1=CC=C2C=c3ccccc3=CN2C1. The normalized spacial score (nSPS) is 16.8. The quantitative estimate of drug-likeness (QED) is 0.753. The smallest absolute Gasteiger partial charge is 0.333 e. The molecule has 0 atom stereocenters. The predicted molar refractivity (Wildman–Crippen MR) is 65.1 cm³/mol. The number of allylic oxidation sites excluding steroid dienone is 3. The Bertz CT molecular complexity index is 668. The lowest BCUT2D eigenvalue weighted by atomic mass is 10.1. The van der Waals surface area contributed by atoms with Gasteiger partial charge in [-0.2, -0.15) is 0 Å². The zero-order chi connectivity index (χ0) is 11.8. The standard InChI is InChI=1S/C14H11NO2/c16-14(17)12-5-6-13-7-10-3-1-2-4-11(10)8-15(13)9-12/h1-8H,9H2,(H,16,17). The average molecular weight is 225 g/mol. The van der Waals surface area contributed by atoms with Gasteiger partial charge in [-0.25, -0.2) is 4.79 Å². The van der Waals surface area contributed by atoms with Gasteiger partial charge >= 0.3 is 5.97 Å². The van der Waals surface area contributed by atoms with E-state index in [1.165, 1.54) is 5.22 Å². The summed E-state index contributed by atoms with van der Waals surface area (Å²) >= 11 is 0. The number of rotatable bonds is 1. The van der Waals surface area contributed by atoms with Gasteiger partial charge in [-0.15, -0.1) is 0 Å². The van der Waals surface area contributed by atoms with Crippen LogP contribution in [0.4, 0.5) is 0 Å². The predicted octanol–water partition coefficient (Wildman–Crippen LogP) is 0.429. The van der Waals surface area contributed by atoms with Crippen LogP contribution in [0.25, 0.3) is 12.3 Å². The Morgan fingerprint density at radius 3 is 2.71 bits per heavy atom. The molecular weight excluding hydrogens is 214 g/mol. The Kier molecular flexibility index (Phi) is 2.11. The fourth-order valence-corrected chi connectivity index (χ4v) is 2.09. The highest BCUT2D eigenvalue weighted by Gasteiger charge is 2.17. The lowest BCUT2D eigenvalue weighted by Crippen LogP contribution is -2.36. The van der Waals surface area contributed by atoms with Gasteiger partial charge in [0.15, 0.2) is 0 Å². The van der Waals surface area contributed by atoms with E-state index in [0.717, 1.165) is 10.9 Å². The Hall–Kier alpha value is -2.29. The number of benzene rings is 1. The summed E-state index contributed by atoms with van der Waals surface area (Å²) in [6.07, 6.45) is 7.59. The molecule has 0 saturated heterocycles. The summed E-state index contributed by atoms with van der Waals surface area (Å²) < 4.78 is 0. The molecule has 0 aliphatic carbocycles. The van der Waals surface area contributed by atoms with Crippen molar-refractivity contribution in [1.29, 1.82) is 0 Å². The molecule has 1 aromatic carbocycles. The monoisotopic (exact) mass is 225 g/mol. The lowest BCUT2D eigenvalue weighted by Gasteiger charge is -2.27. The molecule has 2 aliphatic heterocycles. The Morgan fingerprint density at radius 1 is 1.18 bits per heavy atom. The van der Waals surface area contributed by atoms with E-state index in [1.807, 2.05) is 35.4 Å². The van der Waals surface area contributed by atoms with E-state index in [1.54, 1.807) is 6.08 Å². The Labute approximate surface area is 98.3 Å². The van der Waals surface area contributed by atoms with Crippen LogP contribution in [0.3, 0.4) is 0 Å². The van der Waals surface area contributed by atoms with Crippen molar-refractivity contribution >= 4 is 18.2 Å². The molecule has 0 bridgehead atoms. The van der Waals surface area contributed by atoms with Crippen LogP contribution in [0.5, 0.6) is 0 Å². The minimum absolute atomic E-state index is 0.415. The maximum atomic E-state index is 10.9. The van der Waals surface area contributed by atoms with Crippen molar-refractivity contribution in [2.24, 2.45) is 0 Å². The number of aliphatic carboxylic acids is 1. The van der Waals surface area contributed by atoms with Crippen molar-refractivity contribution in [2.75, 3.05) is 6.54 Å². The first-order chi connectivity index (χ1) is 8.24. The zero-order valence-electron chi connectivity index (χ0n) is 9.13. The molecule has 0 unspecified atom stereocenters. The summed E-state index contributed by atoms with van der Waals surface area (Å²) in [5.41, 5.74) is 1.45. The van der Waals surface area contributed by atoms with E-state index in [0.29, 0.717) is 12.1 Å². The highest BCUT2D eigenvalue weighted by molar-refractivity contribution is 5.88. The Morgan fingerprint density at radius 2 is 1.94 bits per heavy atom. The number of hydrogen-bond donors (Lipinski definition) is 1. The van der Waals surface area contributed by atoms with Crippen molar-refractivity contribution in [2.45, 2.75) is 0 Å². The van der Waals surface area contributed by atoms with Crippen molar-refractivity contribution in [3.05, 3.63) is 58.1 Å². The van der Waals surface area contributed by atoms with Crippen LogP contribution in [0.15, 0.2) is 47.7 Å². The molecular formula is C14H11NO2. The highest BCUT2D eigenvalue weighted by Crippen LogP contribution is 2.17. The summed E-state index contributed by atoms with van der Waals surface area (Å²) in [6, 6.07) is 8.07. The molecule has 0 fully saturated rings. The fourth-order valence-electron chi connectivity index (χ4n) is 2.09. The van der Waals surface area contributed by atoms with E-state index in [4.69, 9.17) is 5.11 Å². The molecule has 0 spiro atoms. The molecule has 2 aliphatic rings. The van der Waals surface area contributed by atoms with Gasteiger partial charge in [0.25, 0.3) is 0 Å². The maximum absolute atomic E-state index is 10.9. The zero-order valence-corrected chi connectivity index (χ0v) is 9.13. The molecule has 0 amide bonds. The van der Waals surface area contributed by atoms with Crippen molar-refractivity contribution in [1.82, 2.24) is 4.90 Å². The van der Waals surface area contributed by atoms with Crippen LogP contribution in [-0.4, -0.2) is 22.5 Å². The first-order valence-electron chi connectivity index (χ1n) is 5.43. The van der Waals surface area contributed by atoms with E-state index >= 15 is 0 Å². The van der Waals surface area contributed by atoms with Gasteiger partial charge in [0.2, 0.25) is 0 Å². The van der Waals surface area contributed by atoms with Gasteiger partial charge in [0, 0.05) is 11.9 Å². The topological polar surface area (TPSA) is 40.5 Å². The second-order valence-corrected chi connectivity index (χ2v) is 4.12. The lowest BCUT2D eigenvalue weighted by molar-refractivity contribution is -0.132. The molecule has 0 aromatic heterocycles. The van der Waals surface area contributed by atoms with Gasteiger partial charge in [-0.05, 0) is 28.7 Å². The van der Waals surface area contributed by atoms with Crippen molar-refractivity contribution in [3.8, 4) is 0 Å².